The zero-order valence-electron chi connectivity index (χ0n) is 9.08. The maximum Gasteiger partial charge on any atom is 0.327 e. The fourth-order valence-corrected chi connectivity index (χ4v) is 3.05. The summed E-state index contributed by atoms with van der Waals surface area (Å²) in [4.78, 5) is 11.6. The van der Waals surface area contributed by atoms with E-state index in [9.17, 15) is 13.2 Å². The van der Waals surface area contributed by atoms with Gasteiger partial charge < -0.3 is 4.74 Å². The molecule has 1 rings (SSSR count). The van der Waals surface area contributed by atoms with Crippen LogP contribution in [0.25, 0.3) is 0 Å². The molecule has 0 radical (unpaired) electrons. The van der Waals surface area contributed by atoms with E-state index in [2.05, 4.69) is 9.46 Å². The summed E-state index contributed by atoms with van der Waals surface area (Å²) in [5.41, 5.74) is -1.03. The van der Waals surface area contributed by atoms with Crippen LogP contribution < -0.4 is 4.72 Å². The Bertz CT molecular complexity index is 330. The van der Waals surface area contributed by atoms with Crippen LogP contribution in [-0.4, -0.2) is 33.3 Å². The van der Waals surface area contributed by atoms with Crippen LogP contribution in [-0.2, 0) is 19.6 Å². The highest BCUT2D eigenvalue weighted by molar-refractivity contribution is 7.88. The average molecular weight is 235 g/mol. The molecule has 0 aromatic rings. The topological polar surface area (TPSA) is 72.5 Å². The van der Waals surface area contributed by atoms with Crippen molar-refractivity contribution in [2.45, 2.75) is 37.6 Å². The second-order valence-corrected chi connectivity index (χ2v) is 5.76. The van der Waals surface area contributed by atoms with Crippen LogP contribution in [0.15, 0.2) is 0 Å². The minimum absolute atomic E-state index is 0.479. The number of hydrogen-bond donors (Lipinski definition) is 1. The van der Waals surface area contributed by atoms with Gasteiger partial charge in [-0.1, -0.05) is 19.3 Å². The van der Waals surface area contributed by atoms with Gasteiger partial charge in [0.15, 0.2) is 0 Å². The molecule has 0 saturated heterocycles. The molecule has 1 aliphatic rings. The number of ether oxygens (including phenoxy) is 1. The summed E-state index contributed by atoms with van der Waals surface area (Å²) in [5.74, 6) is -0.479. The number of nitrogens with one attached hydrogen (secondary N) is 1. The summed E-state index contributed by atoms with van der Waals surface area (Å²) >= 11 is 0. The largest absolute Gasteiger partial charge is 0.468 e. The van der Waals surface area contributed by atoms with Crippen molar-refractivity contribution in [2.24, 2.45) is 0 Å². The molecule has 1 saturated carbocycles. The van der Waals surface area contributed by atoms with Gasteiger partial charge in [-0.15, -0.1) is 0 Å². The van der Waals surface area contributed by atoms with Crippen LogP contribution in [0.4, 0.5) is 0 Å². The number of rotatable bonds is 3. The van der Waals surface area contributed by atoms with E-state index >= 15 is 0 Å². The van der Waals surface area contributed by atoms with Gasteiger partial charge in [0.1, 0.15) is 5.54 Å². The normalized spacial score (nSPS) is 20.9. The molecule has 0 bridgehead atoms. The van der Waals surface area contributed by atoms with Crippen molar-refractivity contribution in [1.82, 2.24) is 4.72 Å². The van der Waals surface area contributed by atoms with Crippen molar-refractivity contribution in [3.05, 3.63) is 0 Å². The third kappa shape index (κ3) is 3.17. The fourth-order valence-electron chi connectivity index (χ4n) is 2.05. The van der Waals surface area contributed by atoms with Gasteiger partial charge in [-0.3, -0.25) is 4.79 Å². The van der Waals surface area contributed by atoms with E-state index in [1.165, 1.54) is 7.11 Å². The molecule has 1 N–H and O–H groups in total. The van der Waals surface area contributed by atoms with Crippen LogP contribution >= 0.6 is 0 Å². The molecule has 0 spiro atoms. The van der Waals surface area contributed by atoms with E-state index in [0.717, 1.165) is 25.5 Å². The number of hydrogen-bond acceptors (Lipinski definition) is 4. The number of sulfonamides is 1. The Hall–Kier alpha value is -0.620. The molecule has 1 fully saturated rings. The number of carbonyl (C=O) groups is 1. The Morgan fingerprint density at radius 2 is 1.80 bits per heavy atom. The molecule has 0 unspecified atom stereocenters. The number of methoxy groups -OCH3 is 1. The van der Waals surface area contributed by atoms with Gasteiger partial charge in [0, 0.05) is 0 Å². The zero-order valence-corrected chi connectivity index (χ0v) is 9.89. The minimum atomic E-state index is -3.39. The lowest BCUT2D eigenvalue weighted by atomic mass is 9.83. The maximum absolute atomic E-state index is 11.6. The van der Waals surface area contributed by atoms with Gasteiger partial charge in [-0.2, -0.15) is 4.72 Å². The fraction of sp³-hybridized carbons (Fsp3) is 0.889. The Balaban J connectivity index is 2.90. The molecule has 15 heavy (non-hydrogen) atoms. The van der Waals surface area contributed by atoms with Crippen LogP contribution in [0.1, 0.15) is 32.1 Å². The van der Waals surface area contributed by atoms with Crippen LogP contribution in [0.2, 0.25) is 0 Å². The average Bonchev–Trinajstić information content (AvgIpc) is 2.15. The Morgan fingerprint density at radius 1 is 1.27 bits per heavy atom. The van der Waals surface area contributed by atoms with E-state index < -0.39 is 21.5 Å². The highest BCUT2D eigenvalue weighted by atomic mass is 32.2. The maximum atomic E-state index is 11.6. The van der Waals surface area contributed by atoms with Gasteiger partial charge in [0.2, 0.25) is 10.0 Å². The van der Waals surface area contributed by atoms with Crippen molar-refractivity contribution in [1.29, 1.82) is 0 Å². The van der Waals surface area contributed by atoms with E-state index in [-0.39, 0.29) is 0 Å². The smallest absolute Gasteiger partial charge is 0.327 e. The predicted octanol–water partition coefficient (Wildman–Crippen LogP) is 0.411. The van der Waals surface area contributed by atoms with E-state index in [0.29, 0.717) is 12.8 Å². The monoisotopic (exact) mass is 235 g/mol. The standard InChI is InChI=1S/C9H17NO4S/c1-14-8(11)9(10-15(2,12)13)6-4-3-5-7-9/h10H,3-7H2,1-2H3. The molecule has 0 aromatic carbocycles. The van der Waals surface area contributed by atoms with Crippen LogP contribution in [0, 0.1) is 0 Å². The third-order valence-corrected chi connectivity index (χ3v) is 3.43. The first-order valence-electron chi connectivity index (χ1n) is 4.97. The summed E-state index contributed by atoms with van der Waals surface area (Å²) in [6.07, 6.45) is 4.82. The number of carbonyl (C=O) groups excluding carboxylic acids is 1. The Kier molecular flexibility index (Phi) is 3.72. The first-order chi connectivity index (χ1) is 6.90. The SMILES string of the molecule is COC(=O)C1(NS(C)(=O)=O)CCCCC1. The van der Waals surface area contributed by atoms with Crippen molar-refractivity contribution >= 4 is 16.0 Å². The van der Waals surface area contributed by atoms with Crippen LogP contribution in [0.5, 0.6) is 0 Å². The molecule has 0 heterocycles. The zero-order chi connectivity index (χ0) is 11.5. The summed E-state index contributed by atoms with van der Waals surface area (Å²) in [6.45, 7) is 0. The minimum Gasteiger partial charge on any atom is -0.468 e. The Labute approximate surface area is 90.2 Å². The van der Waals surface area contributed by atoms with Gasteiger partial charge in [0.25, 0.3) is 0 Å². The lowest BCUT2D eigenvalue weighted by Crippen LogP contribution is -2.55. The third-order valence-electron chi connectivity index (χ3n) is 2.66. The first-order valence-corrected chi connectivity index (χ1v) is 6.86. The number of esters is 1. The lowest BCUT2D eigenvalue weighted by Gasteiger charge is -2.34. The van der Waals surface area contributed by atoms with Gasteiger partial charge in [0.05, 0.1) is 13.4 Å². The Morgan fingerprint density at radius 3 is 2.20 bits per heavy atom. The molecule has 88 valence electrons. The molecule has 0 amide bonds. The summed E-state index contributed by atoms with van der Waals surface area (Å²) in [5, 5.41) is 0. The summed E-state index contributed by atoms with van der Waals surface area (Å²) < 4.78 is 29.5. The van der Waals surface area contributed by atoms with Crippen molar-refractivity contribution in [3.8, 4) is 0 Å². The van der Waals surface area contributed by atoms with Crippen molar-refractivity contribution in [2.75, 3.05) is 13.4 Å². The van der Waals surface area contributed by atoms with Crippen molar-refractivity contribution in [3.63, 3.8) is 0 Å². The molecule has 5 nitrogen and oxygen atoms in total. The van der Waals surface area contributed by atoms with Gasteiger partial charge in [-0.05, 0) is 12.8 Å². The lowest BCUT2D eigenvalue weighted by molar-refractivity contribution is -0.149. The van der Waals surface area contributed by atoms with E-state index in [4.69, 9.17) is 0 Å². The second kappa shape index (κ2) is 4.49. The second-order valence-electron chi connectivity index (χ2n) is 4.01. The first kappa shape index (κ1) is 12.4. The summed E-state index contributed by atoms with van der Waals surface area (Å²) in [7, 11) is -2.11. The quantitative estimate of drug-likeness (QED) is 0.719. The van der Waals surface area contributed by atoms with Crippen LogP contribution in [0.3, 0.4) is 0 Å². The van der Waals surface area contributed by atoms with Crippen molar-refractivity contribution < 1.29 is 17.9 Å². The van der Waals surface area contributed by atoms with E-state index in [1.807, 2.05) is 0 Å². The molecular formula is C9H17NO4S. The molecule has 6 heteroatoms. The van der Waals surface area contributed by atoms with Gasteiger partial charge >= 0.3 is 5.97 Å². The highest BCUT2D eigenvalue weighted by Crippen LogP contribution is 2.29. The van der Waals surface area contributed by atoms with Gasteiger partial charge in [-0.25, -0.2) is 8.42 Å². The highest BCUT2D eigenvalue weighted by Gasteiger charge is 2.42. The predicted molar refractivity (Wildman–Crippen MR) is 55.8 cm³/mol. The summed E-state index contributed by atoms with van der Waals surface area (Å²) in [6, 6.07) is 0. The molecule has 0 atom stereocenters. The van der Waals surface area contributed by atoms with E-state index in [1.54, 1.807) is 0 Å². The molecule has 1 aliphatic carbocycles. The molecule has 0 aliphatic heterocycles. The molecular weight excluding hydrogens is 218 g/mol. The molecule has 0 aromatic heterocycles.